The molecule has 0 aliphatic rings. The Morgan fingerprint density at radius 2 is 1.41 bits per heavy atom. The Labute approximate surface area is 203 Å². The summed E-state index contributed by atoms with van der Waals surface area (Å²) in [6.45, 7) is 0. The molecule has 0 saturated carbocycles. The summed E-state index contributed by atoms with van der Waals surface area (Å²) in [5, 5.41) is 5.46. The van der Waals surface area contributed by atoms with Gasteiger partial charge in [-0.3, -0.25) is 9.59 Å². The zero-order valence-electron chi connectivity index (χ0n) is 18.6. The van der Waals surface area contributed by atoms with Crippen LogP contribution in [-0.4, -0.2) is 18.9 Å². The van der Waals surface area contributed by atoms with E-state index in [1.807, 2.05) is 84.9 Å². The summed E-state index contributed by atoms with van der Waals surface area (Å²) in [7, 11) is 1.56. The van der Waals surface area contributed by atoms with Crippen LogP contribution >= 0.6 is 11.8 Å². The van der Waals surface area contributed by atoms with Gasteiger partial charge in [0.15, 0.2) is 0 Å². The molecule has 0 fully saturated rings. The lowest BCUT2D eigenvalue weighted by atomic mass is 10.1. The number of carbonyl (C=O) groups excluding carboxylic acids is 2. The van der Waals surface area contributed by atoms with E-state index in [0.717, 1.165) is 16.1 Å². The van der Waals surface area contributed by atoms with E-state index in [2.05, 4.69) is 10.6 Å². The second-order valence-electron chi connectivity index (χ2n) is 7.48. The first-order chi connectivity index (χ1) is 16.6. The molecular formula is C28H24N2O3S. The average molecular weight is 469 g/mol. The molecule has 1 unspecified atom stereocenters. The predicted molar refractivity (Wildman–Crippen MR) is 138 cm³/mol. The van der Waals surface area contributed by atoms with Crippen LogP contribution < -0.4 is 15.4 Å². The van der Waals surface area contributed by atoms with Gasteiger partial charge in [-0.1, -0.05) is 60.7 Å². The second kappa shape index (κ2) is 11.2. The number of rotatable bonds is 8. The fourth-order valence-electron chi connectivity index (χ4n) is 3.38. The van der Waals surface area contributed by atoms with Crippen molar-refractivity contribution in [1.29, 1.82) is 0 Å². The Bertz CT molecular complexity index is 1260. The molecule has 1 atom stereocenters. The van der Waals surface area contributed by atoms with Gasteiger partial charge in [0.1, 0.15) is 11.0 Å². The summed E-state index contributed by atoms with van der Waals surface area (Å²) in [6.07, 6.45) is 0. The molecule has 34 heavy (non-hydrogen) atoms. The Morgan fingerprint density at radius 1 is 0.735 bits per heavy atom. The Hall–Kier alpha value is -4.03. The molecule has 5 nitrogen and oxygen atoms in total. The topological polar surface area (TPSA) is 67.4 Å². The highest BCUT2D eigenvalue weighted by molar-refractivity contribution is 8.00. The van der Waals surface area contributed by atoms with Crippen molar-refractivity contribution in [3.63, 3.8) is 0 Å². The number of nitrogens with one attached hydrogen (secondary N) is 2. The van der Waals surface area contributed by atoms with Gasteiger partial charge in [-0.05, 0) is 54.1 Å². The highest BCUT2D eigenvalue weighted by Crippen LogP contribution is 2.37. The standard InChI is InChI=1S/C28H24N2O3S/c1-33-24-16-8-12-21(18-24)27(31)30-23-15-9-17-25(19-23)34-26(20-10-4-2-5-11-20)28(32)29-22-13-6-3-7-14-22/h2-19,26H,1H3,(H,29,32)(H,30,31). The molecule has 0 heterocycles. The van der Waals surface area contributed by atoms with Crippen molar-refractivity contribution >= 4 is 35.0 Å². The molecular weight excluding hydrogens is 444 g/mol. The van der Waals surface area contributed by atoms with Gasteiger partial charge >= 0.3 is 0 Å². The zero-order chi connectivity index (χ0) is 23.8. The molecule has 0 saturated heterocycles. The van der Waals surface area contributed by atoms with Crippen molar-refractivity contribution in [1.82, 2.24) is 0 Å². The fraction of sp³-hybridized carbons (Fsp3) is 0.0714. The molecule has 2 amide bonds. The van der Waals surface area contributed by atoms with Crippen LogP contribution in [0.25, 0.3) is 0 Å². The highest BCUT2D eigenvalue weighted by Gasteiger charge is 2.22. The summed E-state index contributed by atoms with van der Waals surface area (Å²) >= 11 is 1.43. The maximum Gasteiger partial charge on any atom is 0.255 e. The van der Waals surface area contributed by atoms with Crippen molar-refractivity contribution in [2.75, 3.05) is 17.7 Å². The molecule has 4 rings (SSSR count). The third-order valence-corrected chi connectivity index (χ3v) is 6.31. The fourth-order valence-corrected chi connectivity index (χ4v) is 4.46. The Balaban J connectivity index is 1.53. The van der Waals surface area contributed by atoms with Crippen LogP contribution in [0.2, 0.25) is 0 Å². The highest BCUT2D eigenvalue weighted by atomic mass is 32.2. The molecule has 0 radical (unpaired) electrons. The zero-order valence-corrected chi connectivity index (χ0v) is 19.4. The van der Waals surface area contributed by atoms with E-state index >= 15 is 0 Å². The van der Waals surface area contributed by atoms with Gasteiger partial charge in [-0.15, -0.1) is 11.8 Å². The molecule has 0 bridgehead atoms. The van der Waals surface area contributed by atoms with Crippen molar-refractivity contribution in [2.24, 2.45) is 0 Å². The molecule has 0 aliphatic heterocycles. The van der Waals surface area contributed by atoms with Gasteiger partial charge in [0, 0.05) is 21.8 Å². The van der Waals surface area contributed by atoms with Crippen LogP contribution in [0.5, 0.6) is 5.75 Å². The molecule has 170 valence electrons. The first-order valence-corrected chi connectivity index (χ1v) is 11.6. The van der Waals surface area contributed by atoms with E-state index in [-0.39, 0.29) is 11.8 Å². The first-order valence-electron chi connectivity index (χ1n) is 10.8. The average Bonchev–Trinajstić information content (AvgIpc) is 2.88. The van der Waals surface area contributed by atoms with Crippen LogP contribution in [0.4, 0.5) is 11.4 Å². The number of hydrogen-bond donors (Lipinski definition) is 2. The van der Waals surface area contributed by atoms with Gasteiger partial charge in [-0.2, -0.15) is 0 Å². The summed E-state index contributed by atoms with van der Waals surface area (Å²) in [5.41, 5.74) is 2.79. The van der Waals surface area contributed by atoms with Crippen LogP contribution in [0, 0.1) is 0 Å². The van der Waals surface area contributed by atoms with E-state index in [0.29, 0.717) is 17.0 Å². The maximum atomic E-state index is 13.2. The Kier molecular flexibility index (Phi) is 7.63. The maximum absolute atomic E-state index is 13.2. The lowest BCUT2D eigenvalue weighted by Crippen LogP contribution is -2.19. The van der Waals surface area contributed by atoms with Gasteiger partial charge < -0.3 is 15.4 Å². The molecule has 4 aromatic carbocycles. The monoisotopic (exact) mass is 468 g/mol. The van der Waals surface area contributed by atoms with Gasteiger partial charge in [0.2, 0.25) is 5.91 Å². The van der Waals surface area contributed by atoms with Crippen LogP contribution in [0.15, 0.2) is 114 Å². The van der Waals surface area contributed by atoms with Crippen LogP contribution in [-0.2, 0) is 4.79 Å². The normalized spacial score (nSPS) is 11.3. The van der Waals surface area contributed by atoms with E-state index in [1.54, 1.807) is 31.4 Å². The predicted octanol–water partition coefficient (Wildman–Crippen LogP) is 6.42. The van der Waals surface area contributed by atoms with E-state index in [9.17, 15) is 9.59 Å². The van der Waals surface area contributed by atoms with Crippen LogP contribution in [0.1, 0.15) is 21.2 Å². The smallest absolute Gasteiger partial charge is 0.255 e. The van der Waals surface area contributed by atoms with Gasteiger partial charge in [-0.25, -0.2) is 0 Å². The molecule has 0 aromatic heterocycles. The number of ether oxygens (including phenoxy) is 1. The molecule has 0 aliphatic carbocycles. The molecule has 6 heteroatoms. The summed E-state index contributed by atoms with van der Waals surface area (Å²) in [5.74, 6) is 0.266. The number of anilines is 2. The molecule has 4 aromatic rings. The Morgan fingerprint density at radius 3 is 2.15 bits per heavy atom. The molecule has 0 spiro atoms. The number of amides is 2. The minimum atomic E-state index is -0.467. The number of thioether (sulfide) groups is 1. The third kappa shape index (κ3) is 6.05. The lowest BCUT2D eigenvalue weighted by molar-refractivity contribution is -0.115. The largest absolute Gasteiger partial charge is 0.497 e. The summed E-state index contributed by atoms with van der Waals surface area (Å²) in [4.78, 5) is 26.8. The van der Waals surface area contributed by atoms with Crippen molar-refractivity contribution in [3.05, 3.63) is 120 Å². The van der Waals surface area contributed by atoms with Gasteiger partial charge in [0.05, 0.1) is 7.11 Å². The van der Waals surface area contributed by atoms with Crippen molar-refractivity contribution < 1.29 is 14.3 Å². The second-order valence-corrected chi connectivity index (χ2v) is 8.66. The van der Waals surface area contributed by atoms with Gasteiger partial charge in [0.25, 0.3) is 5.91 Å². The molecule has 2 N–H and O–H groups in total. The lowest BCUT2D eigenvalue weighted by Gasteiger charge is -2.18. The number of benzene rings is 4. The number of methoxy groups -OCH3 is 1. The quantitative estimate of drug-likeness (QED) is 0.293. The van der Waals surface area contributed by atoms with E-state index in [1.165, 1.54) is 11.8 Å². The van der Waals surface area contributed by atoms with E-state index in [4.69, 9.17) is 4.74 Å². The minimum Gasteiger partial charge on any atom is -0.497 e. The van der Waals surface area contributed by atoms with E-state index < -0.39 is 5.25 Å². The van der Waals surface area contributed by atoms with Crippen molar-refractivity contribution in [2.45, 2.75) is 10.1 Å². The SMILES string of the molecule is COc1cccc(C(=O)Nc2cccc(SC(C(=O)Nc3ccccc3)c3ccccc3)c2)c1. The van der Waals surface area contributed by atoms with Crippen molar-refractivity contribution in [3.8, 4) is 5.75 Å². The van der Waals surface area contributed by atoms with Crippen LogP contribution in [0.3, 0.4) is 0 Å². The summed E-state index contributed by atoms with van der Waals surface area (Å²) in [6, 6.07) is 33.5. The number of para-hydroxylation sites is 1. The summed E-state index contributed by atoms with van der Waals surface area (Å²) < 4.78 is 5.20. The number of hydrogen-bond acceptors (Lipinski definition) is 4. The third-order valence-electron chi connectivity index (χ3n) is 5.06. The number of carbonyl (C=O) groups is 2. The first kappa shape index (κ1) is 23.1. The minimum absolute atomic E-state index is 0.117.